The molecule has 0 bridgehead atoms. The first-order valence-electron chi connectivity index (χ1n) is 5.54. The summed E-state index contributed by atoms with van der Waals surface area (Å²) in [6.45, 7) is 4.32. The molecule has 1 aromatic heterocycles. The Morgan fingerprint density at radius 1 is 1.33 bits per heavy atom. The van der Waals surface area contributed by atoms with Crippen LogP contribution in [0.5, 0.6) is 0 Å². The van der Waals surface area contributed by atoms with E-state index in [-0.39, 0.29) is 5.82 Å². The molecular formula is C13H13BrFN3. The monoisotopic (exact) mass is 309 g/mol. The highest BCUT2D eigenvalue weighted by molar-refractivity contribution is 9.10. The van der Waals surface area contributed by atoms with E-state index in [1.165, 1.54) is 6.07 Å². The van der Waals surface area contributed by atoms with Gasteiger partial charge < -0.3 is 5.32 Å². The Balaban J connectivity index is 2.13. The van der Waals surface area contributed by atoms with Crippen molar-refractivity contribution in [3.8, 4) is 0 Å². The quantitative estimate of drug-likeness (QED) is 0.941. The molecule has 0 radical (unpaired) electrons. The highest BCUT2D eigenvalue weighted by Crippen LogP contribution is 2.24. The third kappa shape index (κ3) is 3.04. The lowest BCUT2D eigenvalue weighted by Crippen LogP contribution is -2.04. The maximum atomic E-state index is 13.4. The lowest BCUT2D eigenvalue weighted by Gasteiger charge is -2.10. The van der Waals surface area contributed by atoms with Gasteiger partial charge in [0, 0.05) is 11.9 Å². The molecule has 0 aliphatic carbocycles. The minimum Gasteiger partial charge on any atom is -0.379 e. The molecule has 0 aliphatic rings. The molecule has 0 saturated carbocycles. The van der Waals surface area contributed by atoms with Gasteiger partial charge in [0.1, 0.15) is 11.6 Å². The maximum Gasteiger partial charge on any atom is 0.139 e. The number of nitrogens with one attached hydrogen (secondary N) is 1. The minimum atomic E-state index is -0.276. The number of hydrogen-bond acceptors (Lipinski definition) is 3. The van der Waals surface area contributed by atoms with Gasteiger partial charge in [-0.3, -0.25) is 0 Å². The van der Waals surface area contributed by atoms with Gasteiger partial charge in [0.2, 0.25) is 0 Å². The van der Waals surface area contributed by atoms with Crippen molar-refractivity contribution in [3.63, 3.8) is 0 Å². The normalized spacial score (nSPS) is 10.4. The lowest BCUT2D eigenvalue weighted by atomic mass is 10.2. The van der Waals surface area contributed by atoms with Crippen molar-refractivity contribution >= 4 is 21.6 Å². The summed E-state index contributed by atoms with van der Waals surface area (Å²) >= 11 is 3.16. The zero-order valence-corrected chi connectivity index (χ0v) is 11.8. The fourth-order valence-electron chi connectivity index (χ4n) is 1.63. The molecule has 0 atom stereocenters. The standard InChI is InChI=1S/C13H13BrFN3/c1-8-5-11(14)12(15)6-13(8)17-7-10-3-4-16-9(2)18-10/h3-6,17H,7H2,1-2H3. The second-order valence-electron chi connectivity index (χ2n) is 4.03. The average Bonchev–Trinajstić information content (AvgIpc) is 2.32. The molecule has 18 heavy (non-hydrogen) atoms. The highest BCUT2D eigenvalue weighted by Gasteiger charge is 2.05. The van der Waals surface area contributed by atoms with Gasteiger partial charge in [-0.2, -0.15) is 0 Å². The van der Waals surface area contributed by atoms with Crippen LogP contribution in [0.1, 0.15) is 17.1 Å². The predicted octanol–water partition coefficient (Wildman–Crippen LogP) is 3.61. The van der Waals surface area contributed by atoms with Gasteiger partial charge in [0.05, 0.1) is 16.7 Å². The summed E-state index contributed by atoms with van der Waals surface area (Å²) in [6, 6.07) is 5.07. The van der Waals surface area contributed by atoms with E-state index in [4.69, 9.17) is 0 Å². The SMILES string of the molecule is Cc1nccc(CNc2cc(F)c(Br)cc2C)n1. The second kappa shape index (κ2) is 5.44. The number of halogens is 2. The Morgan fingerprint density at radius 3 is 2.83 bits per heavy atom. The van der Waals surface area contributed by atoms with Crippen LogP contribution in [-0.2, 0) is 6.54 Å². The Labute approximate surface area is 114 Å². The molecule has 0 aliphatic heterocycles. The van der Waals surface area contributed by atoms with E-state index >= 15 is 0 Å². The molecular weight excluding hydrogens is 297 g/mol. The molecule has 0 fully saturated rings. The summed E-state index contributed by atoms with van der Waals surface area (Å²) in [5.74, 6) is 0.454. The Morgan fingerprint density at radius 2 is 2.11 bits per heavy atom. The van der Waals surface area contributed by atoms with E-state index in [0.29, 0.717) is 11.0 Å². The third-order valence-corrected chi connectivity index (χ3v) is 3.17. The molecule has 0 saturated heterocycles. The molecule has 1 N–H and O–H groups in total. The Kier molecular flexibility index (Phi) is 3.91. The number of anilines is 1. The minimum absolute atomic E-state index is 0.276. The number of aryl methyl sites for hydroxylation is 2. The van der Waals surface area contributed by atoms with Gasteiger partial charge in [0.25, 0.3) is 0 Å². The predicted molar refractivity (Wildman–Crippen MR) is 72.9 cm³/mol. The fraction of sp³-hybridized carbons (Fsp3) is 0.231. The molecule has 5 heteroatoms. The van der Waals surface area contributed by atoms with Crippen LogP contribution in [0.2, 0.25) is 0 Å². The second-order valence-corrected chi connectivity index (χ2v) is 4.88. The van der Waals surface area contributed by atoms with Crippen molar-refractivity contribution in [1.29, 1.82) is 0 Å². The molecule has 2 aromatic rings. The van der Waals surface area contributed by atoms with E-state index in [1.807, 2.05) is 19.9 Å². The Hall–Kier alpha value is -1.49. The van der Waals surface area contributed by atoms with Gasteiger partial charge in [-0.1, -0.05) is 0 Å². The van der Waals surface area contributed by atoms with Crippen LogP contribution in [0.4, 0.5) is 10.1 Å². The van der Waals surface area contributed by atoms with Crippen molar-refractivity contribution in [2.24, 2.45) is 0 Å². The number of aromatic nitrogens is 2. The summed E-state index contributed by atoms with van der Waals surface area (Å²) in [5, 5.41) is 3.17. The van der Waals surface area contributed by atoms with E-state index in [1.54, 1.807) is 12.3 Å². The average molecular weight is 310 g/mol. The lowest BCUT2D eigenvalue weighted by molar-refractivity contribution is 0.621. The van der Waals surface area contributed by atoms with Crippen molar-refractivity contribution in [2.45, 2.75) is 20.4 Å². The largest absolute Gasteiger partial charge is 0.379 e. The molecule has 94 valence electrons. The third-order valence-electron chi connectivity index (χ3n) is 2.56. The number of nitrogens with zero attached hydrogens (tertiary/aromatic N) is 2. The smallest absolute Gasteiger partial charge is 0.139 e. The molecule has 2 rings (SSSR count). The van der Waals surface area contributed by atoms with Crippen LogP contribution >= 0.6 is 15.9 Å². The van der Waals surface area contributed by atoms with Gasteiger partial charge in [-0.25, -0.2) is 14.4 Å². The number of rotatable bonds is 3. The molecule has 1 aromatic carbocycles. The summed E-state index contributed by atoms with van der Waals surface area (Å²) in [7, 11) is 0. The first kappa shape index (κ1) is 13.0. The number of hydrogen-bond donors (Lipinski definition) is 1. The molecule has 0 amide bonds. The van der Waals surface area contributed by atoms with E-state index in [0.717, 1.165) is 22.8 Å². The highest BCUT2D eigenvalue weighted by atomic mass is 79.9. The maximum absolute atomic E-state index is 13.4. The van der Waals surface area contributed by atoms with E-state index in [9.17, 15) is 4.39 Å². The Bertz CT molecular complexity index is 572. The van der Waals surface area contributed by atoms with E-state index < -0.39 is 0 Å². The van der Waals surface area contributed by atoms with Crippen LogP contribution in [0.25, 0.3) is 0 Å². The van der Waals surface area contributed by atoms with Crippen molar-refractivity contribution < 1.29 is 4.39 Å². The van der Waals surface area contributed by atoms with Gasteiger partial charge in [-0.05, 0) is 53.5 Å². The van der Waals surface area contributed by atoms with Crippen LogP contribution in [0.3, 0.4) is 0 Å². The fourth-order valence-corrected chi connectivity index (χ4v) is 2.08. The summed E-state index contributed by atoms with van der Waals surface area (Å²) in [4.78, 5) is 8.31. The summed E-state index contributed by atoms with van der Waals surface area (Å²) < 4.78 is 13.9. The van der Waals surface area contributed by atoms with Gasteiger partial charge in [0.15, 0.2) is 0 Å². The van der Waals surface area contributed by atoms with Gasteiger partial charge in [-0.15, -0.1) is 0 Å². The van der Waals surface area contributed by atoms with Crippen LogP contribution in [0.15, 0.2) is 28.9 Å². The van der Waals surface area contributed by atoms with Crippen molar-refractivity contribution in [1.82, 2.24) is 9.97 Å². The van der Waals surface area contributed by atoms with E-state index in [2.05, 4.69) is 31.2 Å². The first-order chi connectivity index (χ1) is 8.56. The molecule has 0 spiro atoms. The first-order valence-corrected chi connectivity index (χ1v) is 6.33. The topological polar surface area (TPSA) is 37.8 Å². The van der Waals surface area contributed by atoms with Crippen LogP contribution < -0.4 is 5.32 Å². The zero-order chi connectivity index (χ0) is 13.1. The van der Waals surface area contributed by atoms with Crippen molar-refractivity contribution in [3.05, 3.63) is 51.8 Å². The molecule has 1 heterocycles. The van der Waals surface area contributed by atoms with Crippen LogP contribution in [-0.4, -0.2) is 9.97 Å². The summed E-state index contributed by atoms with van der Waals surface area (Å²) in [6.07, 6.45) is 1.72. The number of benzene rings is 1. The van der Waals surface area contributed by atoms with Crippen LogP contribution in [0, 0.1) is 19.7 Å². The van der Waals surface area contributed by atoms with Crippen molar-refractivity contribution in [2.75, 3.05) is 5.32 Å². The summed E-state index contributed by atoms with van der Waals surface area (Å²) in [5.41, 5.74) is 2.63. The zero-order valence-electron chi connectivity index (χ0n) is 10.2. The molecule has 0 unspecified atom stereocenters. The van der Waals surface area contributed by atoms with Gasteiger partial charge >= 0.3 is 0 Å². The molecule has 3 nitrogen and oxygen atoms in total.